The summed E-state index contributed by atoms with van der Waals surface area (Å²) in [5, 5.41) is 3.93. The van der Waals surface area contributed by atoms with Gasteiger partial charge in [-0.3, -0.25) is 4.79 Å². The summed E-state index contributed by atoms with van der Waals surface area (Å²) in [6, 6.07) is 20.5. The zero-order valence-corrected chi connectivity index (χ0v) is 16.8. The Hall–Kier alpha value is -2.66. The van der Waals surface area contributed by atoms with Gasteiger partial charge in [0.2, 0.25) is 0 Å². The van der Waals surface area contributed by atoms with Crippen molar-refractivity contribution in [3.8, 4) is 0 Å². The number of hydrogen-bond acceptors (Lipinski definition) is 4. The van der Waals surface area contributed by atoms with Gasteiger partial charge in [-0.1, -0.05) is 59.9 Å². The Bertz CT molecular complexity index is 877. The Morgan fingerprint density at radius 2 is 1.74 bits per heavy atom. The van der Waals surface area contributed by atoms with Crippen LogP contribution >= 0.6 is 11.3 Å². The lowest BCUT2D eigenvalue weighted by molar-refractivity contribution is 0.0942. The molecule has 3 aromatic rings. The van der Waals surface area contributed by atoms with Gasteiger partial charge in [0.15, 0.2) is 5.13 Å². The number of aryl methyl sites for hydroxylation is 2. The van der Waals surface area contributed by atoms with Gasteiger partial charge in [0.1, 0.15) is 4.88 Å². The second-order valence-electron chi connectivity index (χ2n) is 6.70. The second-order valence-corrected chi connectivity index (χ2v) is 7.68. The summed E-state index contributed by atoms with van der Waals surface area (Å²) >= 11 is 1.43. The predicted octanol–water partition coefficient (Wildman–Crippen LogP) is 4.97. The third-order valence-electron chi connectivity index (χ3n) is 4.51. The number of anilines is 2. The molecule has 1 aromatic heterocycles. The Morgan fingerprint density at radius 1 is 1.11 bits per heavy atom. The van der Waals surface area contributed by atoms with Crippen molar-refractivity contribution in [2.24, 2.45) is 0 Å². The van der Waals surface area contributed by atoms with Gasteiger partial charge < -0.3 is 10.2 Å². The van der Waals surface area contributed by atoms with Crippen LogP contribution in [0.1, 0.15) is 34.3 Å². The monoisotopic (exact) mass is 379 g/mol. The summed E-state index contributed by atoms with van der Waals surface area (Å²) in [5.74, 6) is -0.0433. The standard InChI is InChI=1S/C22H25N3OS/c1-16(14-15-18-10-6-4-7-11-18)23-21(26)20-17(2)24-22(27-20)25(3)19-12-8-5-9-13-19/h4-13,16H,14-15H2,1-3H3,(H,23,26)/t16-/m0/s1. The smallest absolute Gasteiger partial charge is 0.263 e. The van der Waals surface area contributed by atoms with Gasteiger partial charge in [0.25, 0.3) is 5.91 Å². The van der Waals surface area contributed by atoms with Crippen LogP contribution in [-0.4, -0.2) is 24.0 Å². The lowest BCUT2D eigenvalue weighted by atomic mass is 10.1. The van der Waals surface area contributed by atoms with Gasteiger partial charge in [-0.05, 0) is 44.4 Å². The van der Waals surface area contributed by atoms with Gasteiger partial charge >= 0.3 is 0 Å². The number of amides is 1. The number of para-hydroxylation sites is 1. The summed E-state index contributed by atoms with van der Waals surface area (Å²) in [4.78, 5) is 20.0. The highest BCUT2D eigenvalue weighted by Crippen LogP contribution is 2.30. The molecule has 3 rings (SSSR count). The second kappa shape index (κ2) is 8.82. The first-order valence-electron chi connectivity index (χ1n) is 9.15. The highest BCUT2D eigenvalue weighted by atomic mass is 32.1. The summed E-state index contributed by atoms with van der Waals surface area (Å²) in [5.41, 5.74) is 3.11. The molecule has 1 amide bonds. The molecule has 0 saturated heterocycles. The number of carbonyl (C=O) groups excluding carboxylic acids is 1. The number of benzene rings is 2. The van der Waals surface area contributed by atoms with E-state index in [1.807, 2.05) is 74.3 Å². The van der Waals surface area contributed by atoms with Crippen molar-refractivity contribution in [3.05, 3.63) is 76.8 Å². The van der Waals surface area contributed by atoms with Crippen LogP contribution in [0.5, 0.6) is 0 Å². The first kappa shape index (κ1) is 19.1. The van der Waals surface area contributed by atoms with Crippen molar-refractivity contribution < 1.29 is 4.79 Å². The van der Waals surface area contributed by atoms with Gasteiger partial charge in [0.05, 0.1) is 5.69 Å². The first-order valence-corrected chi connectivity index (χ1v) is 9.97. The third kappa shape index (κ3) is 4.95. The molecule has 27 heavy (non-hydrogen) atoms. The SMILES string of the molecule is Cc1nc(N(C)c2ccccc2)sc1C(=O)N[C@@H](C)CCc1ccccc1. The Labute approximate surface area is 164 Å². The van der Waals surface area contributed by atoms with Crippen LogP contribution in [0.3, 0.4) is 0 Å². The topological polar surface area (TPSA) is 45.2 Å². The average molecular weight is 380 g/mol. The van der Waals surface area contributed by atoms with E-state index < -0.39 is 0 Å². The maximum Gasteiger partial charge on any atom is 0.263 e. The molecule has 4 nitrogen and oxygen atoms in total. The maximum atomic E-state index is 12.7. The quantitative estimate of drug-likeness (QED) is 0.630. The van der Waals surface area contributed by atoms with E-state index >= 15 is 0 Å². The Balaban J connectivity index is 1.62. The van der Waals surface area contributed by atoms with Gasteiger partial charge in [-0.25, -0.2) is 4.98 Å². The van der Waals surface area contributed by atoms with Gasteiger partial charge in [-0.15, -0.1) is 0 Å². The van der Waals surface area contributed by atoms with E-state index in [1.165, 1.54) is 16.9 Å². The van der Waals surface area contributed by atoms with Crippen LogP contribution < -0.4 is 10.2 Å². The zero-order valence-electron chi connectivity index (χ0n) is 16.0. The van der Waals surface area contributed by atoms with E-state index in [2.05, 4.69) is 22.4 Å². The summed E-state index contributed by atoms with van der Waals surface area (Å²) in [6.45, 7) is 3.94. The number of hydrogen-bond donors (Lipinski definition) is 1. The number of thiazole rings is 1. The van der Waals surface area contributed by atoms with Crippen molar-refractivity contribution >= 4 is 28.1 Å². The number of nitrogens with zero attached hydrogens (tertiary/aromatic N) is 2. The average Bonchev–Trinajstić information content (AvgIpc) is 3.09. The minimum atomic E-state index is -0.0433. The van der Waals surface area contributed by atoms with Crippen molar-refractivity contribution in [3.63, 3.8) is 0 Å². The van der Waals surface area contributed by atoms with E-state index in [0.717, 1.165) is 29.4 Å². The van der Waals surface area contributed by atoms with Gasteiger partial charge in [0, 0.05) is 18.8 Å². The molecular formula is C22H25N3OS. The lowest BCUT2D eigenvalue weighted by Gasteiger charge is -2.15. The molecule has 1 heterocycles. The fraction of sp³-hybridized carbons (Fsp3) is 0.273. The molecule has 0 aliphatic heterocycles. The summed E-state index contributed by atoms with van der Waals surface area (Å²) < 4.78 is 0. The van der Waals surface area contributed by atoms with E-state index in [9.17, 15) is 4.79 Å². The predicted molar refractivity (Wildman–Crippen MR) is 113 cm³/mol. The van der Waals surface area contributed by atoms with Crippen LogP contribution in [0, 0.1) is 6.92 Å². The molecule has 0 fully saturated rings. The van der Waals surface area contributed by atoms with E-state index in [1.54, 1.807) is 0 Å². The first-order chi connectivity index (χ1) is 13.0. The zero-order chi connectivity index (χ0) is 19.2. The summed E-state index contributed by atoms with van der Waals surface area (Å²) in [6.07, 6.45) is 1.86. The lowest BCUT2D eigenvalue weighted by Crippen LogP contribution is -2.32. The molecule has 0 unspecified atom stereocenters. The molecule has 0 aliphatic rings. The molecule has 1 atom stereocenters. The van der Waals surface area contributed by atoms with Crippen LogP contribution in [-0.2, 0) is 6.42 Å². The number of aromatic nitrogens is 1. The molecule has 0 bridgehead atoms. The number of nitrogens with one attached hydrogen (secondary N) is 1. The van der Waals surface area contributed by atoms with Crippen LogP contribution in [0.25, 0.3) is 0 Å². The molecule has 0 spiro atoms. The van der Waals surface area contributed by atoms with E-state index in [0.29, 0.717) is 4.88 Å². The van der Waals surface area contributed by atoms with Crippen LogP contribution in [0.2, 0.25) is 0 Å². The Morgan fingerprint density at radius 3 is 2.41 bits per heavy atom. The van der Waals surface area contributed by atoms with Gasteiger partial charge in [-0.2, -0.15) is 0 Å². The van der Waals surface area contributed by atoms with E-state index in [4.69, 9.17) is 0 Å². The highest BCUT2D eigenvalue weighted by Gasteiger charge is 2.19. The third-order valence-corrected chi connectivity index (χ3v) is 5.74. The van der Waals surface area contributed by atoms with Crippen molar-refractivity contribution in [1.82, 2.24) is 10.3 Å². The normalized spacial score (nSPS) is 11.8. The van der Waals surface area contributed by atoms with Crippen molar-refractivity contribution in [2.75, 3.05) is 11.9 Å². The van der Waals surface area contributed by atoms with Crippen LogP contribution in [0.4, 0.5) is 10.8 Å². The summed E-state index contributed by atoms with van der Waals surface area (Å²) in [7, 11) is 1.97. The van der Waals surface area contributed by atoms with Crippen molar-refractivity contribution in [2.45, 2.75) is 32.7 Å². The minimum absolute atomic E-state index is 0.0433. The molecule has 140 valence electrons. The molecular weight excluding hydrogens is 354 g/mol. The maximum absolute atomic E-state index is 12.7. The molecule has 5 heteroatoms. The van der Waals surface area contributed by atoms with E-state index in [-0.39, 0.29) is 11.9 Å². The fourth-order valence-corrected chi connectivity index (χ4v) is 3.84. The highest BCUT2D eigenvalue weighted by molar-refractivity contribution is 7.17. The number of carbonyl (C=O) groups is 1. The molecule has 1 N–H and O–H groups in total. The largest absolute Gasteiger partial charge is 0.349 e. The number of rotatable bonds is 7. The van der Waals surface area contributed by atoms with Crippen molar-refractivity contribution in [1.29, 1.82) is 0 Å². The molecule has 2 aromatic carbocycles. The van der Waals surface area contributed by atoms with Crippen LogP contribution in [0.15, 0.2) is 60.7 Å². The Kier molecular flexibility index (Phi) is 6.24. The molecule has 0 aliphatic carbocycles. The molecule has 0 saturated carbocycles. The molecule has 0 radical (unpaired) electrons. The fourth-order valence-electron chi connectivity index (χ4n) is 2.89. The minimum Gasteiger partial charge on any atom is -0.349 e.